The smallest absolute Gasteiger partial charge is 0.314 e. The highest BCUT2D eigenvalue weighted by Crippen LogP contribution is 2.29. The highest BCUT2D eigenvalue weighted by atomic mass is 16.2. The zero-order valence-electron chi connectivity index (χ0n) is 12.9. The Morgan fingerprint density at radius 3 is 2.40 bits per heavy atom. The third kappa shape index (κ3) is 3.53. The largest absolute Gasteiger partial charge is 0.351 e. The van der Waals surface area contributed by atoms with Crippen molar-refractivity contribution in [2.75, 3.05) is 13.1 Å². The van der Waals surface area contributed by atoms with E-state index in [1.54, 1.807) is 4.90 Å². The first kappa shape index (κ1) is 14.9. The van der Waals surface area contributed by atoms with Crippen molar-refractivity contribution in [1.82, 2.24) is 4.90 Å². The number of carbonyl (C=O) groups excluding carboxylic acids is 1. The summed E-state index contributed by atoms with van der Waals surface area (Å²) in [4.78, 5) is 12.9. The number of primary amides is 1. The zero-order chi connectivity index (χ0) is 14.8. The molecule has 0 atom stereocenters. The van der Waals surface area contributed by atoms with Crippen molar-refractivity contribution >= 4 is 6.03 Å². The van der Waals surface area contributed by atoms with E-state index in [1.165, 1.54) is 11.1 Å². The number of carbonyl (C=O) groups is 1. The number of benzene rings is 1. The molecule has 1 aromatic rings. The van der Waals surface area contributed by atoms with E-state index < -0.39 is 0 Å². The van der Waals surface area contributed by atoms with Crippen LogP contribution in [0.5, 0.6) is 0 Å². The van der Waals surface area contributed by atoms with Gasteiger partial charge in [0.15, 0.2) is 0 Å². The number of amides is 2. The molecule has 1 heterocycles. The Hall–Kier alpha value is -1.51. The maximum atomic E-state index is 11.2. The highest BCUT2D eigenvalue weighted by Gasteiger charge is 2.24. The molecule has 20 heavy (non-hydrogen) atoms. The fraction of sp³-hybridized carbons (Fsp3) is 0.588. The molecule has 2 N–H and O–H groups in total. The summed E-state index contributed by atoms with van der Waals surface area (Å²) in [6, 6.07) is 8.47. The second-order valence-electron chi connectivity index (χ2n) is 6.88. The molecule has 110 valence electrons. The van der Waals surface area contributed by atoms with Crippen LogP contribution >= 0.6 is 0 Å². The summed E-state index contributed by atoms with van der Waals surface area (Å²) in [7, 11) is 0. The Morgan fingerprint density at radius 2 is 1.85 bits per heavy atom. The van der Waals surface area contributed by atoms with Gasteiger partial charge in [0.1, 0.15) is 0 Å². The van der Waals surface area contributed by atoms with Crippen LogP contribution in [0, 0.1) is 5.92 Å². The number of rotatable bonds is 2. The van der Waals surface area contributed by atoms with E-state index >= 15 is 0 Å². The first-order chi connectivity index (χ1) is 9.38. The molecular weight excluding hydrogens is 248 g/mol. The topological polar surface area (TPSA) is 46.3 Å². The van der Waals surface area contributed by atoms with E-state index in [0.717, 1.165) is 32.4 Å². The van der Waals surface area contributed by atoms with E-state index in [2.05, 4.69) is 45.0 Å². The summed E-state index contributed by atoms with van der Waals surface area (Å²) in [5.41, 5.74) is 8.42. The number of likely N-dealkylation sites (tertiary alicyclic amines) is 1. The average molecular weight is 274 g/mol. The minimum Gasteiger partial charge on any atom is -0.351 e. The van der Waals surface area contributed by atoms with Gasteiger partial charge in [0.25, 0.3) is 0 Å². The van der Waals surface area contributed by atoms with Crippen LogP contribution in [0.2, 0.25) is 0 Å². The zero-order valence-corrected chi connectivity index (χ0v) is 12.9. The first-order valence-electron chi connectivity index (χ1n) is 7.50. The molecule has 3 nitrogen and oxygen atoms in total. The van der Waals surface area contributed by atoms with Crippen molar-refractivity contribution in [3.05, 3.63) is 35.4 Å². The maximum absolute atomic E-state index is 11.2. The number of hydrogen-bond donors (Lipinski definition) is 1. The molecule has 0 aromatic heterocycles. The molecule has 0 bridgehead atoms. The summed E-state index contributed by atoms with van der Waals surface area (Å²) >= 11 is 0. The van der Waals surface area contributed by atoms with Gasteiger partial charge in [0.05, 0.1) is 0 Å². The lowest BCUT2D eigenvalue weighted by Crippen LogP contribution is -2.42. The quantitative estimate of drug-likeness (QED) is 0.883. The van der Waals surface area contributed by atoms with Gasteiger partial charge in [-0.1, -0.05) is 45.0 Å². The van der Waals surface area contributed by atoms with E-state index in [4.69, 9.17) is 5.73 Å². The molecule has 2 rings (SSSR count). The number of urea groups is 1. The normalized spacial score (nSPS) is 17.2. The summed E-state index contributed by atoms with van der Waals surface area (Å²) in [6.45, 7) is 8.40. The Balaban J connectivity index is 2.03. The van der Waals surface area contributed by atoms with Crippen LogP contribution < -0.4 is 5.73 Å². The van der Waals surface area contributed by atoms with Gasteiger partial charge in [-0.05, 0) is 41.7 Å². The Morgan fingerprint density at radius 1 is 1.25 bits per heavy atom. The fourth-order valence-electron chi connectivity index (χ4n) is 3.10. The van der Waals surface area contributed by atoms with E-state index in [-0.39, 0.29) is 11.4 Å². The first-order valence-corrected chi connectivity index (χ1v) is 7.50. The van der Waals surface area contributed by atoms with Gasteiger partial charge >= 0.3 is 6.03 Å². The average Bonchev–Trinajstić information content (AvgIpc) is 2.38. The molecule has 0 unspecified atom stereocenters. The predicted octanol–water partition coefficient (Wildman–Crippen LogP) is 3.32. The van der Waals surface area contributed by atoms with Crippen molar-refractivity contribution < 1.29 is 4.79 Å². The maximum Gasteiger partial charge on any atom is 0.314 e. The predicted molar refractivity (Wildman–Crippen MR) is 82.7 cm³/mol. The van der Waals surface area contributed by atoms with Gasteiger partial charge in [-0.25, -0.2) is 4.79 Å². The summed E-state index contributed by atoms with van der Waals surface area (Å²) in [6.07, 6.45) is 3.23. The van der Waals surface area contributed by atoms with Crippen LogP contribution in [0.25, 0.3) is 0 Å². The minimum atomic E-state index is -0.279. The summed E-state index contributed by atoms with van der Waals surface area (Å²) in [5, 5.41) is 0. The lowest BCUT2D eigenvalue weighted by molar-refractivity contribution is 0.178. The van der Waals surface area contributed by atoms with Gasteiger partial charge in [0, 0.05) is 13.1 Å². The van der Waals surface area contributed by atoms with Crippen LogP contribution in [-0.4, -0.2) is 24.0 Å². The monoisotopic (exact) mass is 274 g/mol. The number of hydrogen-bond acceptors (Lipinski definition) is 1. The van der Waals surface area contributed by atoms with E-state index in [0.29, 0.717) is 5.92 Å². The lowest BCUT2D eigenvalue weighted by Gasteiger charge is -2.32. The Kier molecular flexibility index (Phi) is 4.36. The Labute approximate surface area is 122 Å². The van der Waals surface area contributed by atoms with Crippen molar-refractivity contribution in [3.63, 3.8) is 0 Å². The second kappa shape index (κ2) is 5.86. The summed E-state index contributed by atoms with van der Waals surface area (Å²) < 4.78 is 0. The van der Waals surface area contributed by atoms with Crippen molar-refractivity contribution in [2.24, 2.45) is 11.7 Å². The van der Waals surface area contributed by atoms with Crippen molar-refractivity contribution in [3.8, 4) is 0 Å². The number of nitrogens with two attached hydrogens (primary N) is 1. The molecule has 0 radical (unpaired) electrons. The standard InChI is InChI=1S/C17H26N2O/c1-17(2,3)15-7-5-4-6-14(15)12-13-8-10-19(11-9-13)16(18)20/h4-7,13H,8-12H2,1-3H3,(H2,18,20). The van der Waals surface area contributed by atoms with Crippen molar-refractivity contribution in [1.29, 1.82) is 0 Å². The Bertz CT molecular complexity index is 468. The number of nitrogens with zero attached hydrogens (tertiary/aromatic N) is 1. The van der Waals surface area contributed by atoms with Crippen LogP contribution in [0.3, 0.4) is 0 Å². The fourth-order valence-corrected chi connectivity index (χ4v) is 3.10. The molecule has 1 saturated heterocycles. The molecule has 3 heteroatoms. The third-order valence-electron chi connectivity index (χ3n) is 4.26. The van der Waals surface area contributed by atoms with E-state index in [9.17, 15) is 4.79 Å². The minimum absolute atomic E-state index is 0.185. The summed E-state index contributed by atoms with van der Waals surface area (Å²) in [5.74, 6) is 0.661. The van der Waals surface area contributed by atoms with Crippen LogP contribution in [0.15, 0.2) is 24.3 Å². The van der Waals surface area contributed by atoms with Gasteiger partial charge in [0.2, 0.25) is 0 Å². The highest BCUT2D eigenvalue weighted by molar-refractivity contribution is 5.72. The third-order valence-corrected chi connectivity index (χ3v) is 4.26. The molecule has 0 saturated carbocycles. The molecule has 1 aromatic carbocycles. The van der Waals surface area contributed by atoms with E-state index in [1.807, 2.05) is 0 Å². The van der Waals surface area contributed by atoms with Gasteiger partial charge in [-0.15, -0.1) is 0 Å². The molecule has 0 aliphatic carbocycles. The molecule has 1 fully saturated rings. The van der Waals surface area contributed by atoms with Gasteiger partial charge in [-0.2, -0.15) is 0 Å². The van der Waals surface area contributed by atoms with Gasteiger partial charge in [-0.3, -0.25) is 0 Å². The van der Waals surface area contributed by atoms with Crippen molar-refractivity contribution in [2.45, 2.75) is 45.4 Å². The molecular formula is C17H26N2O. The second-order valence-corrected chi connectivity index (χ2v) is 6.88. The van der Waals surface area contributed by atoms with Crippen LogP contribution in [0.1, 0.15) is 44.7 Å². The molecule has 0 spiro atoms. The lowest BCUT2D eigenvalue weighted by atomic mass is 9.80. The number of piperidine rings is 1. The van der Waals surface area contributed by atoms with Crippen LogP contribution in [0.4, 0.5) is 4.79 Å². The molecule has 2 amide bonds. The van der Waals surface area contributed by atoms with Crippen LogP contribution in [-0.2, 0) is 11.8 Å². The molecule has 1 aliphatic rings. The SMILES string of the molecule is CC(C)(C)c1ccccc1CC1CCN(C(N)=O)CC1. The molecule has 1 aliphatic heterocycles. The van der Waals surface area contributed by atoms with Gasteiger partial charge < -0.3 is 10.6 Å².